The topological polar surface area (TPSA) is 63.7 Å². The lowest BCUT2D eigenvalue weighted by Crippen LogP contribution is -2.25. The van der Waals surface area contributed by atoms with Gasteiger partial charge < -0.3 is 4.90 Å². The van der Waals surface area contributed by atoms with Crippen molar-refractivity contribution in [2.24, 2.45) is 5.92 Å². The summed E-state index contributed by atoms with van der Waals surface area (Å²) in [6.07, 6.45) is 1.34. The van der Waals surface area contributed by atoms with E-state index in [1.807, 2.05) is 19.1 Å². The molecule has 2 rings (SSSR count). The van der Waals surface area contributed by atoms with Crippen LogP contribution in [0.5, 0.6) is 0 Å². The standard InChI is InChI=1S/C16H23NO4S/c1-11(2)15-6-5-14(7-12(15)3)17-9-13(8-16(17)18)10-21-22(4,19)20/h5-7,11,13H,8-10H2,1-4H3. The maximum Gasteiger partial charge on any atom is 0.264 e. The fourth-order valence-corrected chi connectivity index (χ4v) is 3.28. The van der Waals surface area contributed by atoms with Crippen molar-refractivity contribution < 1.29 is 17.4 Å². The number of rotatable bonds is 5. The molecule has 1 fully saturated rings. The average molecular weight is 325 g/mol. The van der Waals surface area contributed by atoms with Crippen molar-refractivity contribution in [1.82, 2.24) is 0 Å². The minimum atomic E-state index is -3.46. The Bertz CT molecular complexity index is 667. The van der Waals surface area contributed by atoms with Crippen LogP contribution in [0.1, 0.15) is 37.3 Å². The fraction of sp³-hybridized carbons (Fsp3) is 0.562. The Hall–Kier alpha value is -1.40. The SMILES string of the molecule is Cc1cc(N2CC(COS(C)(=O)=O)CC2=O)ccc1C(C)C. The molecule has 0 spiro atoms. The van der Waals surface area contributed by atoms with E-state index < -0.39 is 10.1 Å². The predicted molar refractivity (Wildman–Crippen MR) is 86.5 cm³/mol. The summed E-state index contributed by atoms with van der Waals surface area (Å²) >= 11 is 0. The number of benzene rings is 1. The highest BCUT2D eigenvalue weighted by Crippen LogP contribution is 2.29. The van der Waals surface area contributed by atoms with Gasteiger partial charge in [0.2, 0.25) is 5.91 Å². The van der Waals surface area contributed by atoms with Gasteiger partial charge in [-0.1, -0.05) is 19.9 Å². The molecule has 1 aromatic carbocycles. The number of amides is 1. The molecule has 0 N–H and O–H groups in total. The second-order valence-corrected chi connectivity index (χ2v) is 7.90. The Kier molecular flexibility index (Phi) is 4.92. The van der Waals surface area contributed by atoms with Crippen molar-refractivity contribution in [3.8, 4) is 0 Å². The molecule has 1 amide bonds. The van der Waals surface area contributed by atoms with Gasteiger partial charge in [-0.05, 0) is 36.1 Å². The number of carbonyl (C=O) groups excluding carboxylic acids is 1. The van der Waals surface area contributed by atoms with E-state index in [2.05, 4.69) is 19.9 Å². The van der Waals surface area contributed by atoms with E-state index in [9.17, 15) is 13.2 Å². The first kappa shape index (κ1) is 17.0. The number of anilines is 1. The Morgan fingerprint density at radius 2 is 2.05 bits per heavy atom. The van der Waals surface area contributed by atoms with Crippen LogP contribution < -0.4 is 4.90 Å². The van der Waals surface area contributed by atoms with Crippen LogP contribution in [0.25, 0.3) is 0 Å². The van der Waals surface area contributed by atoms with Crippen molar-refractivity contribution in [3.05, 3.63) is 29.3 Å². The van der Waals surface area contributed by atoms with E-state index in [1.165, 1.54) is 5.56 Å². The molecule has 0 bridgehead atoms. The zero-order valence-electron chi connectivity index (χ0n) is 13.5. The van der Waals surface area contributed by atoms with Crippen molar-refractivity contribution in [2.75, 3.05) is 24.3 Å². The van der Waals surface area contributed by atoms with Gasteiger partial charge in [-0.3, -0.25) is 8.98 Å². The van der Waals surface area contributed by atoms with Crippen LogP contribution in [-0.2, 0) is 19.1 Å². The normalized spacial score (nSPS) is 19.2. The molecule has 5 nitrogen and oxygen atoms in total. The van der Waals surface area contributed by atoms with Gasteiger partial charge in [0.05, 0.1) is 12.9 Å². The predicted octanol–water partition coefficient (Wildman–Crippen LogP) is 2.45. The third-order valence-electron chi connectivity index (χ3n) is 3.91. The number of hydrogen-bond donors (Lipinski definition) is 0. The Morgan fingerprint density at radius 3 is 2.59 bits per heavy atom. The molecule has 0 aromatic heterocycles. The molecule has 1 aromatic rings. The van der Waals surface area contributed by atoms with Gasteiger partial charge >= 0.3 is 0 Å². The van der Waals surface area contributed by atoms with E-state index in [0.29, 0.717) is 18.9 Å². The maximum absolute atomic E-state index is 12.2. The third-order valence-corrected chi connectivity index (χ3v) is 4.47. The van der Waals surface area contributed by atoms with Gasteiger partial charge in [-0.25, -0.2) is 0 Å². The van der Waals surface area contributed by atoms with E-state index in [4.69, 9.17) is 4.18 Å². The first-order valence-corrected chi connectivity index (χ1v) is 9.24. The first-order chi connectivity index (χ1) is 10.2. The van der Waals surface area contributed by atoms with Gasteiger partial charge in [0, 0.05) is 24.6 Å². The maximum atomic E-state index is 12.2. The number of carbonyl (C=O) groups is 1. The summed E-state index contributed by atoms with van der Waals surface area (Å²) in [5, 5.41) is 0. The molecule has 0 saturated carbocycles. The van der Waals surface area contributed by atoms with Gasteiger partial charge in [-0.15, -0.1) is 0 Å². The van der Waals surface area contributed by atoms with Crippen LogP contribution >= 0.6 is 0 Å². The molecule has 0 aliphatic carbocycles. The quantitative estimate of drug-likeness (QED) is 0.780. The molecule has 1 atom stereocenters. The zero-order valence-corrected chi connectivity index (χ0v) is 14.3. The smallest absolute Gasteiger partial charge is 0.264 e. The number of hydrogen-bond acceptors (Lipinski definition) is 4. The van der Waals surface area contributed by atoms with E-state index in [-0.39, 0.29) is 18.4 Å². The molecule has 1 heterocycles. The largest absolute Gasteiger partial charge is 0.312 e. The summed E-state index contributed by atoms with van der Waals surface area (Å²) in [4.78, 5) is 13.9. The van der Waals surface area contributed by atoms with Crippen LogP contribution in [0.2, 0.25) is 0 Å². The second-order valence-electron chi connectivity index (χ2n) is 6.26. The van der Waals surface area contributed by atoms with E-state index in [1.54, 1.807) is 4.90 Å². The third kappa shape index (κ3) is 4.08. The zero-order chi connectivity index (χ0) is 16.5. The van der Waals surface area contributed by atoms with Crippen LogP contribution in [0.3, 0.4) is 0 Å². The minimum Gasteiger partial charge on any atom is -0.312 e. The molecule has 1 aliphatic heterocycles. The average Bonchev–Trinajstić information content (AvgIpc) is 2.76. The van der Waals surface area contributed by atoms with Crippen LogP contribution in [0.15, 0.2) is 18.2 Å². The lowest BCUT2D eigenvalue weighted by Gasteiger charge is -2.19. The van der Waals surface area contributed by atoms with Gasteiger partial charge in [-0.2, -0.15) is 8.42 Å². The fourth-order valence-electron chi connectivity index (χ4n) is 2.84. The van der Waals surface area contributed by atoms with Crippen molar-refractivity contribution in [2.45, 2.75) is 33.1 Å². The molecule has 1 aliphatic rings. The highest BCUT2D eigenvalue weighted by Gasteiger charge is 2.31. The van der Waals surface area contributed by atoms with Crippen LogP contribution in [-0.4, -0.2) is 33.7 Å². The molecule has 122 valence electrons. The molecule has 6 heteroatoms. The summed E-state index contributed by atoms with van der Waals surface area (Å²) in [5.41, 5.74) is 3.30. The number of aryl methyl sites for hydroxylation is 1. The monoisotopic (exact) mass is 325 g/mol. The van der Waals surface area contributed by atoms with Gasteiger partial charge in [0.25, 0.3) is 10.1 Å². The van der Waals surface area contributed by atoms with Gasteiger partial charge in [0.15, 0.2) is 0 Å². The van der Waals surface area contributed by atoms with Crippen molar-refractivity contribution in [1.29, 1.82) is 0 Å². The molecule has 1 unspecified atom stereocenters. The molecule has 0 radical (unpaired) electrons. The Labute approximate surface area is 132 Å². The highest BCUT2D eigenvalue weighted by molar-refractivity contribution is 7.85. The molecule has 22 heavy (non-hydrogen) atoms. The Balaban J connectivity index is 2.10. The van der Waals surface area contributed by atoms with E-state index >= 15 is 0 Å². The van der Waals surface area contributed by atoms with Crippen molar-refractivity contribution in [3.63, 3.8) is 0 Å². The molecular weight excluding hydrogens is 302 g/mol. The highest BCUT2D eigenvalue weighted by atomic mass is 32.2. The number of nitrogens with zero attached hydrogens (tertiary/aromatic N) is 1. The summed E-state index contributed by atoms with van der Waals surface area (Å²) < 4.78 is 26.9. The summed E-state index contributed by atoms with van der Waals surface area (Å²) in [6.45, 7) is 6.88. The minimum absolute atomic E-state index is 0.0128. The summed E-state index contributed by atoms with van der Waals surface area (Å²) in [7, 11) is -3.46. The Morgan fingerprint density at radius 1 is 1.36 bits per heavy atom. The lowest BCUT2D eigenvalue weighted by atomic mass is 9.97. The van der Waals surface area contributed by atoms with E-state index in [0.717, 1.165) is 17.5 Å². The lowest BCUT2D eigenvalue weighted by molar-refractivity contribution is -0.117. The molecule has 1 saturated heterocycles. The van der Waals surface area contributed by atoms with Crippen LogP contribution in [0.4, 0.5) is 5.69 Å². The second kappa shape index (κ2) is 6.38. The first-order valence-electron chi connectivity index (χ1n) is 7.42. The molecular formula is C16H23NO4S. The van der Waals surface area contributed by atoms with Gasteiger partial charge in [0.1, 0.15) is 0 Å². The summed E-state index contributed by atoms with van der Waals surface area (Å²) in [6, 6.07) is 6.04. The van der Waals surface area contributed by atoms with Crippen molar-refractivity contribution >= 4 is 21.7 Å². The van der Waals surface area contributed by atoms with Crippen LogP contribution in [0, 0.1) is 12.8 Å². The summed E-state index contributed by atoms with van der Waals surface area (Å²) in [5.74, 6) is 0.366.